The Morgan fingerprint density at radius 3 is 2.65 bits per heavy atom. The monoisotopic (exact) mass is 457 g/mol. The number of ketones is 1. The van der Waals surface area contributed by atoms with Crippen LogP contribution in [0.4, 0.5) is 0 Å². The zero-order valence-electron chi connectivity index (χ0n) is 16.2. The maximum Gasteiger partial charge on any atom is 0.231 e. The highest BCUT2D eigenvalue weighted by molar-refractivity contribution is 6.36. The Balaban J connectivity index is 1.59. The maximum absolute atomic E-state index is 13.2. The third-order valence-corrected chi connectivity index (χ3v) is 6.38. The maximum atomic E-state index is 13.2. The van der Waals surface area contributed by atoms with Crippen LogP contribution in [0.25, 0.3) is 0 Å². The average molecular weight is 458 g/mol. The molecular formula is C22H17Cl2N3O4. The number of rotatable bonds is 4. The van der Waals surface area contributed by atoms with Crippen molar-refractivity contribution in [3.8, 4) is 11.5 Å². The summed E-state index contributed by atoms with van der Waals surface area (Å²) in [6, 6.07) is 10.1. The van der Waals surface area contributed by atoms with E-state index in [2.05, 4.69) is 10.1 Å². The van der Waals surface area contributed by atoms with Crippen LogP contribution in [0, 0.1) is 0 Å². The fraction of sp³-hybridized carbons (Fsp3) is 0.227. The molecule has 0 fully saturated rings. The number of hydrogen-bond acceptors (Lipinski definition) is 6. The summed E-state index contributed by atoms with van der Waals surface area (Å²) >= 11 is 12.6. The number of halogens is 2. The topological polar surface area (TPSA) is 86.5 Å². The van der Waals surface area contributed by atoms with Gasteiger partial charge in [0, 0.05) is 34.4 Å². The Bertz CT molecular complexity index is 1170. The first-order valence-electron chi connectivity index (χ1n) is 9.64. The minimum Gasteiger partial charge on any atom is -0.510 e. The zero-order valence-corrected chi connectivity index (χ0v) is 17.7. The fourth-order valence-corrected chi connectivity index (χ4v) is 4.66. The minimum atomic E-state index is -0.614. The van der Waals surface area contributed by atoms with Crippen LogP contribution in [0.3, 0.4) is 0 Å². The van der Waals surface area contributed by atoms with Gasteiger partial charge in [-0.3, -0.25) is 4.79 Å². The van der Waals surface area contributed by atoms with Crippen LogP contribution in [0.2, 0.25) is 10.0 Å². The lowest BCUT2D eigenvalue weighted by Crippen LogP contribution is -2.30. The number of carbonyl (C=O) groups excluding carboxylic acids is 1. The zero-order chi connectivity index (χ0) is 21.5. The van der Waals surface area contributed by atoms with E-state index in [1.165, 1.54) is 12.7 Å². The van der Waals surface area contributed by atoms with Crippen LogP contribution in [0.5, 0.6) is 11.5 Å². The molecule has 0 spiro atoms. The van der Waals surface area contributed by atoms with Gasteiger partial charge in [0.15, 0.2) is 17.3 Å². The molecule has 7 nitrogen and oxygen atoms in total. The highest BCUT2D eigenvalue weighted by Crippen LogP contribution is 2.45. The van der Waals surface area contributed by atoms with E-state index in [0.29, 0.717) is 27.1 Å². The Morgan fingerprint density at radius 1 is 1.13 bits per heavy atom. The summed E-state index contributed by atoms with van der Waals surface area (Å²) in [5, 5.41) is 16.4. The van der Waals surface area contributed by atoms with Crippen LogP contribution < -0.4 is 9.47 Å². The molecule has 0 bridgehead atoms. The van der Waals surface area contributed by atoms with Gasteiger partial charge in [0.05, 0.1) is 0 Å². The van der Waals surface area contributed by atoms with Gasteiger partial charge >= 0.3 is 0 Å². The predicted molar refractivity (Wildman–Crippen MR) is 114 cm³/mol. The van der Waals surface area contributed by atoms with Gasteiger partial charge in [-0.15, -0.1) is 0 Å². The van der Waals surface area contributed by atoms with Crippen molar-refractivity contribution in [1.29, 1.82) is 0 Å². The summed E-state index contributed by atoms with van der Waals surface area (Å²) in [7, 11) is 0. The predicted octanol–water partition coefficient (Wildman–Crippen LogP) is 4.67. The summed E-state index contributed by atoms with van der Waals surface area (Å²) in [6.07, 6.45) is 3.22. The number of aromatic nitrogens is 3. The van der Waals surface area contributed by atoms with E-state index in [1.807, 2.05) is 12.1 Å². The van der Waals surface area contributed by atoms with Gasteiger partial charge in [-0.1, -0.05) is 35.3 Å². The average Bonchev–Trinajstić information content (AvgIpc) is 3.44. The third-order valence-electron chi connectivity index (χ3n) is 5.67. The molecule has 5 rings (SSSR count). The SMILES string of the molecule is O=C1CC(c2ccc3c(c2)OCO3)C(n2cncn2)C(O)=C1Cc1c(Cl)cccc1Cl. The number of fused-ring (bicyclic) bond motifs is 1. The normalized spacial score (nSPS) is 20.4. The van der Waals surface area contributed by atoms with E-state index >= 15 is 0 Å². The van der Waals surface area contributed by atoms with Crippen molar-refractivity contribution >= 4 is 29.0 Å². The van der Waals surface area contributed by atoms with Crippen molar-refractivity contribution in [2.45, 2.75) is 24.8 Å². The van der Waals surface area contributed by atoms with Crippen LogP contribution in [0.15, 0.2) is 60.4 Å². The molecule has 2 heterocycles. The smallest absolute Gasteiger partial charge is 0.231 e. The Kier molecular flexibility index (Phi) is 5.08. The molecule has 2 aliphatic rings. The van der Waals surface area contributed by atoms with E-state index in [1.54, 1.807) is 28.9 Å². The highest BCUT2D eigenvalue weighted by atomic mass is 35.5. The van der Waals surface area contributed by atoms with Crippen molar-refractivity contribution in [1.82, 2.24) is 14.8 Å². The number of carbonyl (C=O) groups is 1. The summed E-state index contributed by atoms with van der Waals surface area (Å²) in [5.41, 5.74) is 1.70. The molecule has 1 aromatic heterocycles. The lowest BCUT2D eigenvalue weighted by Gasteiger charge is -2.32. The quantitative estimate of drug-likeness (QED) is 0.612. The Morgan fingerprint density at radius 2 is 1.90 bits per heavy atom. The molecule has 9 heteroatoms. The minimum absolute atomic E-state index is 0.0691. The molecule has 1 N–H and O–H groups in total. The second-order valence-electron chi connectivity index (χ2n) is 7.41. The Hall–Kier alpha value is -3.03. The van der Waals surface area contributed by atoms with Crippen molar-refractivity contribution in [3.05, 3.63) is 81.6 Å². The summed E-state index contributed by atoms with van der Waals surface area (Å²) < 4.78 is 12.4. The van der Waals surface area contributed by atoms with Crippen LogP contribution in [0.1, 0.15) is 29.5 Å². The molecule has 3 aromatic rings. The fourth-order valence-electron chi connectivity index (χ4n) is 4.13. The second kappa shape index (κ2) is 7.90. The van der Waals surface area contributed by atoms with Crippen molar-refractivity contribution in [2.75, 3.05) is 6.79 Å². The number of Topliss-reactive ketones (excluding diaryl/α,β-unsaturated/α-hetero) is 1. The highest BCUT2D eigenvalue weighted by Gasteiger charge is 2.39. The van der Waals surface area contributed by atoms with E-state index in [0.717, 1.165) is 5.56 Å². The number of benzene rings is 2. The summed E-state index contributed by atoms with van der Waals surface area (Å²) in [6.45, 7) is 0.156. The van der Waals surface area contributed by atoms with Gasteiger partial charge in [0.25, 0.3) is 0 Å². The molecule has 31 heavy (non-hydrogen) atoms. The molecule has 0 amide bonds. The molecule has 1 aliphatic carbocycles. The lowest BCUT2D eigenvalue weighted by atomic mass is 9.77. The number of nitrogens with zero attached hydrogens (tertiary/aromatic N) is 3. The van der Waals surface area contributed by atoms with Crippen LogP contribution in [-0.2, 0) is 11.2 Å². The molecule has 0 radical (unpaired) electrons. The first-order chi connectivity index (χ1) is 15.0. The number of aliphatic hydroxyl groups is 1. The summed E-state index contributed by atoms with van der Waals surface area (Å²) in [5.74, 6) is 0.651. The third kappa shape index (κ3) is 3.54. The molecule has 2 atom stereocenters. The number of hydrogen-bond donors (Lipinski definition) is 1. The standard InChI is InChI=1S/C22H17Cl2N3O4/c23-16-2-1-3-17(24)14(16)7-15-18(28)8-13(21(22(15)29)27-10-25-9-26-27)12-4-5-19-20(6-12)31-11-30-19/h1-6,9-10,13,21,29H,7-8,11H2. The number of allylic oxidation sites excluding steroid dienone is 2. The van der Waals surface area contributed by atoms with E-state index in [-0.39, 0.29) is 42.7 Å². The number of ether oxygens (including phenoxy) is 2. The van der Waals surface area contributed by atoms with Gasteiger partial charge in [0.2, 0.25) is 6.79 Å². The molecule has 158 valence electrons. The van der Waals surface area contributed by atoms with E-state index in [9.17, 15) is 9.90 Å². The largest absolute Gasteiger partial charge is 0.510 e. The van der Waals surface area contributed by atoms with Gasteiger partial charge < -0.3 is 14.6 Å². The second-order valence-corrected chi connectivity index (χ2v) is 8.22. The molecule has 1 aliphatic heterocycles. The molecule has 2 aromatic carbocycles. The van der Waals surface area contributed by atoms with Crippen molar-refractivity contribution < 1.29 is 19.4 Å². The van der Waals surface area contributed by atoms with Gasteiger partial charge in [-0.25, -0.2) is 9.67 Å². The van der Waals surface area contributed by atoms with E-state index in [4.69, 9.17) is 32.7 Å². The van der Waals surface area contributed by atoms with Crippen LogP contribution in [-0.4, -0.2) is 32.4 Å². The number of aliphatic hydroxyl groups excluding tert-OH is 1. The molecular weight excluding hydrogens is 441 g/mol. The molecule has 0 saturated carbocycles. The summed E-state index contributed by atoms with van der Waals surface area (Å²) in [4.78, 5) is 17.2. The lowest BCUT2D eigenvalue weighted by molar-refractivity contribution is -0.117. The Labute approximate surface area is 187 Å². The van der Waals surface area contributed by atoms with Gasteiger partial charge in [-0.05, 0) is 35.4 Å². The van der Waals surface area contributed by atoms with Crippen LogP contribution >= 0.6 is 23.2 Å². The van der Waals surface area contributed by atoms with Crippen molar-refractivity contribution in [3.63, 3.8) is 0 Å². The van der Waals surface area contributed by atoms with Crippen molar-refractivity contribution in [2.24, 2.45) is 0 Å². The first kappa shape index (κ1) is 19.9. The first-order valence-corrected chi connectivity index (χ1v) is 10.4. The molecule has 2 unspecified atom stereocenters. The molecule has 0 saturated heterocycles. The van der Waals surface area contributed by atoms with E-state index < -0.39 is 6.04 Å². The van der Waals surface area contributed by atoms with Gasteiger partial charge in [-0.2, -0.15) is 5.10 Å². The van der Waals surface area contributed by atoms with Gasteiger partial charge in [0.1, 0.15) is 24.5 Å².